The maximum absolute atomic E-state index is 4.45. The topological polar surface area (TPSA) is 0 Å². The summed E-state index contributed by atoms with van der Waals surface area (Å²) in [4.78, 5) is 0. The summed E-state index contributed by atoms with van der Waals surface area (Å²) in [6, 6.07) is 0. The molecule has 0 rings (SSSR count). The average molecular weight is 395 g/mol. The molecule has 0 amide bonds. The Hall–Kier alpha value is 2.80. The maximum atomic E-state index is 4.45. The fourth-order valence-electron chi connectivity index (χ4n) is 0. The van der Waals surface area contributed by atoms with Gasteiger partial charge in [0, 0.05) is 22.4 Å². The fraction of sp³-hybridized carbons (Fsp3) is 0. The predicted molar refractivity (Wildman–Crippen MR) is 11.7 cm³/mol. The van der Waals surface area contributed by atoms with E-state index in [1.165, 1.54) is 0 Å². The quantitative estimate of drug-likeness (QED) is 0.545. The molecule has 0 nitrogen and oxygen atoms in total. The first kappa shape index (κ1) is 15.7. The van der Waals surface area contributed by atoms with Crippen LogP contribution in [0.2, 0.25) is 0 Å². The standard InChI is InChI=1S/3Ag.2ClH/h;;;2*1H/q;2*+1;;/p-2. The second-order valence-corrected chi connectivity index (χ2v) is 0. The fourth-order valence-corrected chi connectivity index (χ4v) is 0. The molecule has 0 atom stereocenters. The Balaban J connectivity index is -0.0000000133. The summed E-state index contributed by atoms with van der Waals surface area (Å²) < 4.78 is 0. The first-order chi connectivity index (χ1) is 2.00. The summed E-state index contributed by atoms with van der Waals surface area (Å²) in [5, 5.41) is 0. The van der Waals surface area contributed by atoms with Gasteiger partial charge in [0.15, 0.2) is 0 Å². The molecule has 0 N–H and O–H groups in total. The molecule has 0 aromatic rings. The number of rotatable bonds is 0. The minimum atomic E-state index is 0. The van der Waals surface area contributed by atoms with E-state index in [0.717, 1.165) is 0 Å². The number of halogens is 2. The van der Waals surface area contributed by atoms with Crippen LogP contribution in [0.5, 0.6) is 0 Å². The molecule has 0 saturated carbocycles. The van der Waals surface area contributed by atoms with Crippen LogP contribution in [-0.4, -0.2) is 0 Å². The van der Waals surface area contributed by atoms with E-state index < -0.39 is 0 Å². The summed E-state index contributed by atoms with van der Waals surface area (Å²) in [6.45, 7) is 0. The van der Waals surface area contributed by atoms with Gasteiger partial charge in [-0.05, 0) is 0 Å². The molecule has 1 radical (unpaired) electrons. The summed E-state index contributed by atoms with van der Waals surface area (Å²) in [5.41, 5.74) is 0. The van der Waals surface area contributed by atoms with Gasteiger partial charge in [0.1, 0.15) is 0 Å². The van der Waals surface area contributed by atoms with Crippen LogP contribution in [0.4, 0.5) is 0 Å². The minimum absolute atomic E-state index is 0. The Kier molecular flexibility index (Phi) is 91.3. The van der Waals surface area contributed by atoms with Gasteiger partial charge in [-0.1, -0.05) is 0 Å². The summed E-state index contributed by atoms with van der Waals surface area (Å²) in [7, 11) is 8.90. The van der Waals surface area contributed by atoms with E-state index in [-0.39, 0.29) is 22.4 Å². The predicted octanol–water partition coefficient (Wildman–Crippen LogP) is 1.37. The third-order valence-corrected chi connectivity index (χ3v) is 0. The van der Waals surface area contributed by atoms with E-state index in [9.17, 15) is 0 Å². The Morgan fingerprint density at radius 1 is 0.800 bits per heavy atom. The molecule has 0 aliphatic rings. The van der Waals surface area contributed by atoms with Gasteiger partial charge < -0.3 is 0 Å². The Bertz CT molecular complexity index is 4.85. The first-order valence-electron chi connectivity index (χ1n) is 0.228. The third-order valence-electron chi connectivity index (χ3n) is 0. The Morgan fingerprint density at radius 3 is 0.800 bits per heavy atom. The van der Waals surface area contributed by atoms with E-state index in [4.69, 9.17) is 0 Å². The van der Waals surface area contributed by atoms with Crippen molar-refractivity contribution in [2.24, 2.45) is 0 Å². The van der Waals surface area contributed by atoms with Gasteiger partial charge in [0.25, 0.3) is 0 Å². The zero-order valence-electron chi connectivity index (χ0n) is 1.66. The second kappa shape index (κ2) is 29.2. The van der Waals surface area contributed by atoms with Crippen molar-refractivity contribution in [3.8, 4) is 0 Å². The second-order valence-electron chi connectivity index (χ2n) is 0. The van der Waals surface area contributed by atoms with Crippen LogP contribution in [0.15, 0.2) is 0 Å². The normalized spacial score (nSPS) is 2.80. The molecular weight excluding hydrogens is 395 g/mol. The van der Waals surface area contributed by atoms with Crippen molar-refractivity contribution in [2.45, 2.75) is 0 Å². The molecule has 47 valence electrons. The first-order valence-corrected chi connectivity index (χ1v) is 4.05. The van der Waals surface area contributed by atoms with Crippen LogP contribution in [-0.2, 0) is 62.4 Å². The van der Waals surface area contributed by atoms with Crippen molar-refractivity contribution in [1.29, 1.82) is 0 Å². The van der Waals surface area contributed by atoms with Crippen LogP contribution >= 0.6 is 18.4 Å². The molecule has 0 bridgehead atoms. The molecule has 0 aromatic carbocycles. The van der Waals surface area contributed by atoms with Crippen molar-refractivity contribution in [1.82, 2.24) is 0 Å². The molecule has 0 aromatic heterocycles. The van der Waals surface area contributed by atoms with Crippen molar-refractivity contribution in [3.63, 3.8) is 0 Å². The third kappa shape index (κ3) is 20.0. The molecule has 0 aliphatic carbocycles. The SMILES string of the molecule is [Ag].[Cl][Ag].[Cl][Ag]. The van der Waals surface area contributed by atoms with Crippen molar-refractivity contribution < 1.29 is 62.4 Å². The van der Waals surface area contributed by atoms with Gasteiger partial charge in [0.05, 0.1) is 0 Å². The Morgan fingerprint density at radius 2 is 0.800 bits per heavy atom. The van der Waals surface area contributed by atoms with Gasteiger partial charge in [-0.25, -0.2) is 0 Å². The van der Waals surface area contributed by atoms with Crippen LogP contribution in [0.25, 0.3) is 0 Å². The average Bonchev–Trinajstić information content (AvgIpc) is 1.50. The van der Waals surface area contributed by atoms with Crippen molar-refractivity contribution >= 4 is 18.4 Å². The van der Waals surface area contributed by atoms with Gasteiger partial charge in [-0.3, -0.25) is 0 Å². The summed E-state index contributed by atoms with van der Waals surface area (Å²) >= 11 is 4.84. The molecule has 0 fully saturated rings. The molecule has 5 heteroatoms. The monoisotopic (exact) mass is 391 g/mol. The Labute approximate surface area is 79.4 Å². The zero-order chi connectivity index (χ0) is 4.00. The van der Waals surface area contributed by atoms with Crippen LogP contribution in [0, 0.1) is 0 Å². The van der Waals surface area contributed by atoms with Crippen molar-refractivity contribution in [2.75, 3.05) is 0 Å². The molecule has 5 heavy (non-hydrogen) atoms. The molecule has 0 heterocycles. The van der Waals surface area contributed by atoms with Gasteiger partial charge in [-0.15, -0.1) is 0 Å². The molecule has 0 unspecified atom stereocenters. The molecular formula is Ag3Cl2. The van der Waals surface area contributed by atoms with E-state index in [0.29, 0.717) is 0 Å². The number of hydrogen-bond donors (Lipinski definition) is 0. The summed E-state index contributed by atoms with van der Waals surface area (Å²) in [5.74, 6) is 0. The van der Waals surface area contributed by atoms with E-state index >= 15 is 0 Å². The van der Waals surface area contributed by atoms with Crippen LogP contribution in [0.3, 0.4) is 0 Å². The van der Waals surface area contributed by atoms with Crippen molar-refractivity contribution in [3.05, 3.63) is 0 Å². The zero-order valence-corrected chi connectivity index (χ0v) is 7.62. The van der Waals surface area contributed by atoms with Gasteiger partial charge >= 0.3 is 58.4 Å². The summed E-state index contributed by atoms with van der Waals surface area (Å²) in [6.07, 6.45) is 0. The molecule has 0 spiro atoms. The van der Waals surface area contributed by atoms with Crippen LogP contribution in [0.1, 0.15) is 0 Å². The number of hydrogen-bond acceptors (Lipinski definition) is 0. The molecule has 0 saturated heterocycles. The van der Waals surface area contributed by atoms with Gasteiger partial charge in [0.2, 0.25) is 0 Å². The van der Waals surface area contributed by atoms with E-state index in [1.54, 1.807) is 0 Å². The van der Waals surface area contributed by atoms with Gasteiger partial charge in [-0.2, -0.15) is 0 Å². The van der Waals surface area contributed by atoms with E-state index in [1.807, 2.05) is 0 Å². The van der Waals surface area contributed by atoms with Crippen LogP contribution < -0.4 is 0 Å². The molecule has 0 aliphatic heterocycles. The van der Waals surface area contributed by atoms with E-state index in [2.05, 4.69) is 58.4 Å².